The smallest absolute Gasteiger partial charge is 0.258 e. The Labute approximate surface area is 159 Å². The van der Waals surface area contributed by atoms with Crippen molar-refractivity contribution in [2.75, 3.05) is 4.90 Å². The molecule has 0 aromatic heterocycles. The Morgan fingerprint density at radius 3 is 1.96 bits per heavy atom. The Kier molecular flexibility index (Phi) is 6.00. The molecule has 27 heavy (non-hydrogen) atoms. The van der Waals surface area contributed by atoms with Crippen LogP contribution in [-0.2, 0) is 17.9 Å². The zero-order chi connectivity index (χ0) is 19.1. The predicted octanol–water partition coefficient (Wildman–Crippen LogP) is 4.17. The van der Waals surface area contributed by atoms with Gasteiger partial charge in [0.1, 0.15) is 0 Å². The lowest BCUT2D eigenvalue weighted by molar-refractivity contribution is -0.119. The van der Waals surface area contributed by atoms with Crippen LogP contribution in [0.2, 0.25) is 0 Å². The summed E-state index contributed by atoms with van der Waals surface area (Å²) in [5.41, 5.74) is 3.49. The van der Waals surface area contributed by atoms with Gasteiger partial charge in [-0.05, 0) is 35.4 Å². The van der Waals surface area contributed by atoms with Crippen molar-refractivity contribution in [2.24, 2.45) is 0 Å². The lowest BCUT2D eigenvalue weighted by atomic mass is 10.1. The minimum Gasteiger partial charge on any atom is -0.352 e. The van der Waals surface area contributed by atoms with Gasteiger partial charge in [-0.25, -0.2) is 0 Å². The molecule has 4 heteroatoms. The van der Waals surface area contributed by atoms with Gasteiger partial charge in [-0.1, -0.05) is 60.7 Å². The van der Waals surface area contributed by atoms with Gasteiger partial charge in [-0.15, -0.1) is 0 Å². The van der Waals surface area contributed by atoms with Gasteiger partial charge in [0.15, 0.2) is 0 Å². The van der Waals surface area contributed by atoms with E-state index in [4.69, 9.17) is 0 Å². The van der Waals surface area contributed by atoms with E-state index in [1.165, 1.54) is 6.92 Å². The molecule has 0 radical (unpaired) electrons. The molecule has 3 aromatic carbocycles. The number of carbonyl (C=O) groups is 2. The fourth-order valence-electron chi connectivity index (χ4n) is 2.80. The lowest BCUT2D eigenvalue weighted by Crippen LogP contribution is -2.30. The minimum absolute atomic E-state index is 0.0591. The average Bonchev–Trinajstić information content (AvgIpc) is 2.72. The first-order valence-electron chi connectivity index (χ1n) is 8.88. The lowest BCUT2D eigenvalue weighted by Gasteiger charge is -2.23. The number of hydrogen-bond donors (Lipinski definition) is 1. The maximum Gasteiger partial charge on any atom is 0.258 e. The van der Waals surface area contributed by atoms with E-state index in [0.717, 1.165) is 16.8 Å². The van der Waals surface area contributed by atoms with Crippen LogP contribution in [0.3, 0.4) is 0 Å². The van der Waals surface area contributed by atoms with Gasteiger partial charge in [-0.2, -0.15) is 0 Å². The van der Waals surface area contributed by atoms with Crippen LogP contribution in [0.4, 0.5) is 5.69 Å². The van der Waals surface area contributed by atoms with Crippen LogP contribution in [0.25, 0.3) is 0 Å². The van der Waals surface area contributed by atoms with Crippen LogP contribution in [0.1, 0.15) is 28.4 Å². The third kappa shape index (κ3) is 5.05. The van der Waals surface area contributed by atoms with Crippen molar-refractivity contribution in [1.29, 1.82) is 0 Å². The Hall–Kier alpha value is -3.40. The third-order valence-electron chi connectivity index (χ3n) is 4.24. The number of nitrogens with zero attached hydrogens (tertiary/aromatic N) is 1. The largest absolute Gasteiger partial charge is 0.352 e. The Morgan fingerprint density at radius 2 is 1.37 bits per heavy atom. The fourth-order valence-corrected chi connectivity index (χ4v) is 2.80. The van der Waals surface area contributed by atoms with Gasteiger partial charge < -0.3 is 10.2 Å². The predicted molar refractivity (Wildman–Crippen MR) is 107 cm³/mol. The molecule has 0 saturated heterocycles. The molecule has 0 aliphatic rings. The third-order valence-corrected chi connectivity index (χ3v) is 4.24. The normalized spacial score (nSPS) is 10.3. The molecule has 0 heterocycles. The Balaban J connectivity index is 1.83. The first-order valence-corrected chi connectivity index (χ1v) is 8.88. The molecule has 0 aliphatic heterocycles. The quantitative estimate of drug-likeness (QED) is 0.719. The molecule has 0 unspecified atom stereocenters. The van der Waals surface area contributed by atoms with Crippen molar-refractivity contribution in [1.82, 2.24) is 5.32 Å². The maximum atomic E-state index is 13.2. The van der Waals surface area contributed by atoms with E-state index >= 15 is 0 Å². The zero-order valence-electron chi connectivity index (χ0n) is 15.3. The van der Waals surface area contributed by atoms with E-state index in [9.17, 15) is 9.59 Å². The summed E-state index contributed by atoms with van der Waals surface area (Å²) in [6.45, 7) is 2.44. The number of benzene rings is 3. The number of carbonyl (C=O) groups excluding carboxylic acids is 2. The molecule has 0 aliphatic carbocycles. The van der Waals surface area contributed by atoms with Crippen molar-refractivity contribution < 1.29 is 9.59 Å². The van der Waals surface area contributed by atoms with Crippen molar-refractivity contribution in [3.63, 3.8) is 0 Å². The molecule has 1 N–H and O–H groups in total. The summed E-state index contributed by atoms with van der Waals surface area (Å²) < 4.78 is 0. The Morgan fingerprint density at radius 1 is 0.778 bits per heavy atom. The highest BCUT2D eigenvalue weighted by atomic mass is 16.2. The molecule has 0 atom stereocenters. The Bertz CT molecular complexity index is 891. The molecule has 0 fully saturated rings. The monoisotopic (exact) mass is 358 g/mol. The molecule has 136 valence electrons. The SMILES string of the molecule is CC(=O)NCc1ccc(C(=O)N(Cc2ccccc2)c2ccccc2)cc1. The van der Waals surface area contributed by atoms with Crippen molar-refractivity contribution in [3.05, 3.63) is 102 Å². The second-order valence-electron chi connectivity index (χ2n) is 6.32. The molecule has 0 bridgehead atoms. The number of anilines is 1. The van der Waals surface area contributed by atoms with Crippen LogP contribution >= 0.6 is 0 Å². The first-order chi connectivity index (χ1) is 13.1. The number of amides is 2. The molecular weight excluding hydrogens is 336 g/mol. The summed E-state index contributed by atoms with van der Waals surface area (Å²) in [6, 6.07) is 27.0. The van der Waals surface area contributed by atoms with Crippen LogP contribution < -0.4 is 10.2 Å². The van der Waals surface area contributed by atoms with E-state index in [-0.39, 0.29) is 11.8 Å². The molecule has 2 amide bonds. The van der Waals surface area contributed by atoms with Crippen molar-refractivity contribution in [2.45, 2.75) is 20.0 Å². The number of hydrogen-bond acceptors (Lipinski definition) is 2. The molecule has 0 spiro atoms. The maximum absolute atomic E-state index is 13.2. The number of rotatable bonds is 6. The van der Waals surface area contributed by atoms with Crippen LogP contribution in [0, 0.1) is 0 Å². The van der Waals surface area contributed by atoms with Gasteiger partial charge >= 0.3 is 0 Å². The highest BCUT2D eigenvalue weighted by Crippen LogP contribution is 2.20. The molecule has 4 nitrogen and oxygen atoms in total. The summed E-state index contributed by atoms with van der Waals surface area (Å²) in [6.07, 6.45) is 0. The summed E-state index contributed by atoms with van der Waals surface area (Å²) >= 11 is 0. The van der Waals surface area contributed by atoms with Gasteiger partial charge in [0.05, 0.1) is 6.54 Å². The second-order valence-corrected chi connectivity index (χ2v) is 6.32. The minimum atomic E-state index is -0.0757. The van der Waals surface area contributed by atoms with E-state index in [1.807, 2.05) is 72.8 Å². The molecule has 0 saturated carbocycles. The van der Waals surface area contributed by atoms with Crippen molar-refractivity contribution in [3.8, 4) is 0 Å². The van der Waals surface area contributed by atoms with Gasteiger partial charge in [0.2, 0.25) is 5.91 Å². The summed E-state index contributed by atoms with van der Waals surface area (Å²) in [7, 11) is 0. The van der Waals surface area contributed by atoms with Gasteiger partial charge in [0.25, 0.3) is 5.91 Å². The van der Waals surface area contributed by atoms with Crippen LogP contribution in [0.15, 0.2) is 84.9 Å². The van der Waals surface area contributed by atoms with Gasteiger partial charge in [-0.3, -0.25) is 9.59 Å². The van der Waals surface area contributed by atoms with Crippen LogP contribution in [0.5, 0.6) is 0 Å². The van der Waals surface area contributed by atoms with Crippen LogP contribution in [-0.4, -0.2) is 11.8 Å². The van der Waals surface area contributed by atoms with Gasteiger partial charge in [0, 0.05) is 24.7 Å². The van der Waals surface area contributed by atoms with E-state index in [2.05, 4.69) is 5.32 Å². The summed E-state index contributed by atoms with van der Waals surface area (Å²) in [5.74, 6) is -0.135. The average molecular weight is 358 g/mol. The second kappa shape index (κ2) is 8.81. The molecular formula is C23H22N2O2. The fraction of sp³-hybridized carbons (Fsp3) is 0.130. The first kappa shape index (κ1) is 18.4. The van der Waals surface area contributed by atoms with Crippen molar-refractivity contribution >= 4 is 17.5 Å². The topological polar surface area (TPSA) is 49.4 Å². The summed E-state index contributed by atoms with van der Waals surface area (Å²) in [4.78, 5) is 26.0. The molecule has 3 rings (SSSR count). The van der Waals surface area contributed by atoms with E-state index in [1.54, 1.807) is 17.0 Å². The molecule has 3 aromatic rings. The van der Waals surface area contributed by atoms with E-state index < -0.39 is 0 Å². The zero-order valence-corrected chi connectivity index (χ0v) is 15.3. The highest BCUT2D eigenvalue weighted by Gasteiger charge is 2.18. The van der Waals surface area contributed by atoms with E-state index in [0.29, 0.717) is 18.7 Å². The summed E-state index contributed by atoms with van der Waals surface area (Å²) in [5, 5.41) is 2.76. The number of nitrogens with one attached hydrogen (secondary N) is 1. The highest BCUT2D eigenvalue weighted by molar-refractivity contribution is 6.06. The standard InChI is InChI=1S/C23H22N2O2/c1-18(26)24-16-19-12-14-21(15-13-19)23(27)25(22-10-6-3-7-11-22)17-20-8-4-2-5-9-20/h2-15H,16-17H2,1H3,(H,24,26). The number of para-hydroxylation sites is 1.